The van der Waals surface area contributed by atoms with Crippen molar-refractivity contribution in [2.75, 3.05) is 58.4 Å². The molecule has 2 aliphatic rings. The molecule has 206 valence electrons. The van der Waals surface area contributed by atoms with Crippen LogP contribution in [0.5, 0.6) is 6.01 Å². The zero-order valence-corrected chi connectivity index (χ0v) is 23.0. The number of methoxy groups -OCH3 is 1. The van der Waals surface area contributed by atoms with Crippen LogP contribution in [-0.2, 0) is 9.47 Å². The maximum Gasteiger partial charge on any atom is 0.410 e. The normalized spacial score (nSPS) is 22.5. The molecular formula is C25H33ClFN7O4. The number of anilines is 1. The fourth-order valence-corrected chi connectivity index (χ4v) is 4.88. The van der Waals surface area contributed by atoms with Gasteiger partial charge in [-0.3, -0.25) is 9.80 Å². The number of halogens is 2. The van der Waals surface area contributed by atoms with Crippen molar-refractivity contribution in [3.05, 3.63) is 28.6 Å². The summed E-state index contributed by atoms with van der Waals surface area (Å²) in [6, 6.07) is -0.345. The molecule has 4 rings (SSSR count). The van der Waals surface area contributed by atoms with Crippen LogP contribution in [0, 0.1) is 12.4 Å². The minimum absolute atomic E-state index is 0.00385. The number of likely N-dealkylation sites (tertiary alicyclic amines) is 1. The highest BCUT2D eigenvalue weighted by Crippen LogP contribution is 2.32. The predicted octanol–water partition coefficient (Wildman–Crippen LogP) is 3.26. The number of ether oxygens (including phenoxy) is 3. The van der Waals surface area contributed by atoms with Gasteiger partial charge in [-0.15, -0.1) is 0 Å². The molecule has 11 nitrogen and oxygen atoms in total. The van der Waals surface area contributed by atoms with E-state index in [9.17, 15) is 4.79 Å². The Morgan fingerprint density at radius 3 is 2.68 bits per heavy atom. The van der Waals surface area contributed by atoms with Crippen molar-refractivity contribution in [3.63, 3.8) is 0 Å². The van der Waals surface area contributed by atoms with Crippen LogP contribution < -0.4 is 9.64 Å². The molecule has 2 fully saturated rings. The molecule has 2 saturated heterocycles. The Hall–Kier alpha value is -3.01. The van der Waals surface area contributed by atoms with Gasteiger partial charge in [-0.2, -0.15) is 9.97 Å². The van der Waals surface area contributed by atoms with Gasteiger partial charge in [-0.05, 0) is 34.2 Å². The van der Waals surface area contributed by atoms with Crippen molar-refractivity contribution < 1.29 is 23.4 Å². The average molecular weight is 550 g/mol. The van der Waals surface area contributed by atoms with Gasteiger partial charge in [0.15, 0.2) is 11.0 Å². The zero-order chi connectivity index (χ0) is 27.6. The monoisotopic (exact) mass is 549 g/mol. The van der Waals surface area contributed by atoms with Crippen molar-refractivity contribution in [1.29, 1.82) is 0 Å². The standard InChI is InChI=1S/C25H33ClFN7O4/c1-25(2,3)38-24(35)34-8-7-33(12-16(34)10-28-4)22-18-11-29-21(26)19(27)20(18)30-23(31-22)37-14-15-9-17(36-6)13-32(15)5/h11,15-17H,7-10,12-14H2,1-3,5-6H3/t15-,16-,17+/m0/s1. The highest BCUT2D eigenvalue weighted by Gasteiger charge is 2.37. The van der Waals surface area contributed by atoms with Crippen LogP contribution in [0.2, 0.25) is 5.15 Å². The summed E-state index contributed by atoms with van der Waals surface area (Å²) in [7, 11) is 3.68. The van der Waals surface area contributed by atoms with Gasteiger partial charge >= 0.3 is 12.1 Å². The lowest BCUT2D eigenvalue weighted by Crippen LogP contribution is -2.57. The van der Waals surface area contributed by atoms with Gasteiger partial charge < -0.3 is 24.0 Å². The Kier molecular flexibility index (Phi) is 8.40. The molecule has 0 unspecified atom stereocenters. The summed E-state index contributed by atoms with van der Waals surface area (Å²) < 4.78 is 32.0. The minimum atomic E-state index is -0.764. The largest absolute Gasteiger partial charge is 0.462 e. The number of likely N-dealkylation sites (N-methyl/N-ethyl adjacent to an activating group) is 1. The van der Waals surface area contributed by atoms with E-state index in [0.717, 1.165) is 13.0 Å². The Balaban J connectivity index is 1.62. The number of pyridine rings is 1. The van der Waals surface area contributed by atoms with Crippen molar-refractivity contribution >= 4 is 34.4 Å². The number of piperazine rings is 1. The highest BCUT2D eigenvalue weighted by atomic mass is 35.5. The van der Waals surface area contributed by atoms with E-state index in [0.29, 0.717) is 30.9 Å². The summed E-state index contributed by atoms with van der Waals surface area (Å²) in [5, 5.41) is 0.0659. The first kappa shape index (κ1) is 28.0. The Labute approximate surface area is 226 Å². The summed E-state index contributed by atoms with van der Waals surface area (Å²) in [4.78, 5) is 34.8. The summed E-state index contributed by atoms with van der Waals surface area (Å²) in [6.45, 7) is 14.9. The molecule has 3 atom stereocenters. The topological polar surface area (TPSA) is 97.5 Å². The number of nitrogens with zero attached hydrogens (tertiary/aromatic N) is 7. The number of fused-ring (bicyclic) bond motifs is 1. The molecule has 38 heavy (non-hydrogen) atoms. The third kappa shape index (κ3) is 6.17. The van der Waals surface area contributed by atoms with Crippen LogP contribution in [0.3, 0.4) is 0 Å². The van der Waals surface area contributed by atoms with Gasteiger partial charge in [-0.25, -0.2) is 20.7 Å². The maximum absolute atomic E-state index is 15.1. The van der Waals surface area contributed by atoms with Crippen LogP contribution in [0.25, 0.3) is 15.7 Å². The summed E-state index contributed by atoms with van der Waals surface area (Å²) >= 11 is 5.97. The molecule has 0 aliphatic carbocycles. The van der Waals surface area contributed by atoms with Crippen LogP contribution >= 0.6 is 11.6 Å². The molecule has 0 saturated carbocycles. The van der Waals surface area contributed by atoms with Crippen molar-refractivity contribution in [2.45, 2.75) is 51.0 Å². The lowest BCUT2D eigenvalue weighted by atomic mass is 10.1. The van der Waals surface area contributed by atoms with E-state index in [-0.39, 0.29) is 41.9 Å². The SMILES string of the molecule is [C-]#[N+]C[C@H]1CN(c2nc(OC[C@@H]3C[C@@H](OC)CN3C)nc3c(F)c(Cl)ncc23)CCN1C(=O)OC(C)(C)C. The molecule has 0 bridgehead atoms. The van der Waals surface area contributed by atoms with Gasteiger partial charge in [0.2, 0.25) is 6.54 Å². The zero-order valence-electron chi connectivity index (χ0n) is 22.3. The first-order valence-corrected chi connectivity index (χ1v) is 12.8. The lowest BCUT2D eigenvalue weighted by molar-refractivity contribution is 0.0155. The number of hydrogen-bond donors (Lipinski definition) is 0. The van der Waals surface area contributed by atoms with Gasteiger partial charge in [0.25, 0.3) is 0 Å². The van der Waals surface area contributed by atoms with Crippen LogP contribution in [-0.4, -0.2) is 108 Å². The van der Waals surface area contributed by atoms with E-state index in [1.807, 2.05) is 11.9 Å². The van der Waals surface area contributed by atoms with E-state index >= 15 is 4.39 Å². The van der Waals surface area contributed by atoms with Crippen molar-refractivity contribution in [3.8, 4) is 6.01 Å². The van der Waals surface area contributed by atoms with E-state index in [4.69, 9.17) is 32.4 Å². The average Bonchev–Trinajstić information content (AvgIpc) is 3.23. The molecule has 2 aromatic rings. The molecule has 2 aromatic heterocycles. The molecule has 0 radical (unpaired) electrons. The first-order valence-electron chi connectivity index (χ1n) is 12.5. The number of rotatable bonds is 6. The number of aromatic nitrogens is 3. The van der Waals surface area contributed by atoms with Gasteiger partial charge in [-0.1, -0.05) is 11.6 Å². The molecule has 13 heteroatoms. The summed E-state index contributed by atoms with van der Waals surface area (Å²) in [5.74, 6) is -0.360. The summed E-state index contributed by atoms with van der Waals surface area (Å²) in [5.41, 5.74) is -0.665. The molecule has 4 heterocycles. The van der Waals surface area contributed by atoms with Gasteiger partial charge in [0, 0.05) is 45.5 Å². The van der Waals surface area contributed by atoms with E-state index < -0.39 is 23.6 Å². The van der Waals surface area contributed by atoms with Crippen molar-refractivity contribution in [1.82, 2.24) is 24.8 Å². The molecule has 1 amide bonds. The fraction of sp³-hybridized carbons (Fsp3) is 0.640. The van der Waals surface area contributed by atoms with Crippen molar-refractivity contribution in [2.24, 2.45) is 0 Å². The number of carbonyl (C=O) groups excluding carboxylic acids is 1. The van der Waals surface area contributed by atoms with Crippen LogP contribution in [0.4, 0.5) is 15.0 Å². The Morgan fingerprint density at radius 1 is 1.26 bits per heavy atom. The highest BCUT2D eigenvalue weighted by molar-refractivity contribution is 6.30. The summed E-state index contributed by atoms with van der Waals surface area (Å²) in [6.07, 6.45) is 1.86. The predicted molar refractivity (Wildman–Crippen MR) is 140 cm³/mol. The second kappa shape index (κ2) is 11.4. The van der Waals surface area contributed by atoms with E-state index in [1.165, 1.54) is 6.20 Å². The third-order valence-corrected chi connectivity index (χ3v) is 6.96. The second-order valence-corrected chi connectivity index (χ2v) is 10.9. The molecule has 0 aromatic carbocycles. The fourth-order valence-electron chi connectivity index (χ4n) is 4.74. The lowest BCUT2D eigenvalue weighted by Gasteiger charge is -2.40. The number of hydrogen-bond acceptors (Lipinski definition) is 9. The first-order chi connectivity index (χ1) is 18.0. The number of amides is 1. The number of carbonyl (C=O) groups is 1. The second-order valence-electron chi connectivity index (χ2n) is 10.6. The van der Waals surface area contributed by atoms with Gasteiger partial charge in [0.05, 0.1) is 11.5 Å². The molecule has 0 spiro atoms. The maximum atomic E-state index is 15.1. The smallest absolute Gasteiger partial charge is 0.410 e. The quantitative estimate of drug-likeness (QED) is 0.397. The van der Waals surface area contributed by atoms with Crippen LogP contribution in [0.15, 0.2) is 6.20 Å². The Bertz CT molecular complexity index is 1220. The third-order valence-electron chi connectivity index (χ3n) is 6.70. The Morgan fingerprint density at radius 2 is 2.03 bits per heavy atom. The molecular weight excluding hydrogens is 517 g/mol. The minimum Gasteiger partial charge on any atom is -0.462 e. The van der Waals surface area contributed by atoms with E-state index in [1.54, 1.807) is 32.8 Å². The molecule has 2 aliphatic heterocycles. The van der Waals surface area contributed by atoms with E-state index in [2.05, 4.69) is 24.7 Å². The molecule has 0 N–H and O–H groups in total. The van der Waals surface area contributed by atoms with Gasteiger partial charge in [0.1, 0.15) is 29.6 Å². The van der Waals surface area contributed by atoms with Crippen LogP contribution in [0.1, 0.15) is 27.2 Å².